The zero-order valence-corrected chi connectivity index (χ0v) is 15.8. The molecule has 1 aromatic carbocycles. The van der Waals surface area contributed by atoms with Gasteiger partial charge in [0.25, 0.3) is 0 Å². The molecule has 0 aliphatic heterocycles. The molecule has 1 nitrogen and oxygen atoms in total. The summed E-state index contributed by atoms with van der Waals surface area (Å²) in [5, 5.41) is 8.81. The summed E-state index contributed by atoms with van der Waals surface area (Å²) in [5.74, 6) is 0.783. The molecular formula is C23H28F3N. The summed E-state index contributed by atoms with van der Waals surface area (Å²) >= 11 is 0. The lowest BCUT2D eigenvalue weighted by Crippen LogP contribution is -2.25. The Morgan fingerprint density at radius 3 is 2.00 bits per heavy atom. The van der Waals surface area contributed by atoms with Crippen LogP contribution in [0.2, 0.25) is 0 Å². The highest BCUT2D eigenvalue weighted by atomic mass is 19.1. The van der Waals surface area contributed by atoms with E-state index < -0.39 is 17.2 Å². The fourth-order valence-electron chi connectivity index (χ4n) is 5.02. The average Bonchev–Trinajstić information content (AvgIpc) is 2.69. The van der Waals surface area contributed by atoms with Crippen LogP contribution in [0.4, 0.5) is 13.2 Å². The van der Waals surface area contributed by atoms with Crippen molar-refractivity contribution < 1.29 is 13.2 Å². The Labute approximate surface area is 160 Å². The van der Waals surface area contributed by atoms with Gasteiger partial charge < -0.3 is 0 Å². The maximum atomic E-state index is 13.9. The van der Waals surface area contributed by atoms with Gasteiger partial charge in [-0.15, -0.1) is 0 Å². The van der Waals surface area contributed by atoms with Crippen LogP contribution in [0.5, 0.6) is 0 Å². The van der Waals surface area contributed by atoms with E-state index in [0.29, 0.717) is 23.8 Å². The minimum absolute atomic E-state index is 0.193. The van der Waals surface area contributed by atoms with Gasteiger partial charge in [0.1, 0.15) is 23.3 Å². The van der Waals surface area contributed by atoms with Crippen LogP contribution < -0.4 is 0 Å². The first-order chi connectivity index (χ1) is 13.1. The number of hydrogen-bond acceptors (Lipinski definition) is 1. The summed E-state index contributed by atoms with van der Waals surface area (Å²) in [5.41, 5.74) is 0.217. The second-order valence-electron chi connectivity index (χ2n) is 8.16. The highest BCUT2D eigenvalue weighted by molar-refractivity contribution is 5.36. The van der Waals surface area contributed by atoms with Crippen LogP contribution in [0, 0.1) is 40.7 Å². The monoisotopic (exact) mass is 375 g/mol. The minimum atomic E-state index is -0.742. The largest absolute Gasteiger partial charge is 0.251 e. The molecule has 0 aromatic heterocycles. The fourth-order valence-corrected chi connectivity index (χ4v) is 5.02. The summed E-state index contributed by atoms with van der Waals surface area (Å²) in [4.78, 5) is 0. The predicted molar refractivity (Wildman–Crippen MR) is 101 cm³/mol. The molecule has 0 N–H and O–H groups in total. The van der Waals surface area contributed by atoms with Crippen molar-refractivity contribution in [1.29, 1.82) is 5.26 Å². The van der Waals surface area contributed by atoms with Gasteiger partial charge in [0.05, 0.1) is 6.67 Å². The van der Waals surface area contributed by atoms with Crippen LogP contribution >= 0.6 is 0 Å². The fraction of sp³-hybridized carbons (Fsp3) is 0.609. The van der Waals surface area contributed by atoms with E-state index in [-0.39, 0.29) is 12.6 Å². The number of benzene rings is 1. The molecule has 0 unspecified atom stereocenters. The van der Waals surface area contributed by atoms with Gasteiger partial charge in [-0.25, -0.2) is 8.78 Å². The number of nitrogens with zero attached hydrogens (tertiary/aromatic N) is 1. The lowest BCUT2D eigenvalue weighted by molar-refractivity contribution is 0.171. The van der Waals surface area contributed by atoms with Crippen molar-refractivity contribution >= 4 is 0 Å². The number of rotatable bonds is 5. The molecule has 0 spiro atoms. The topological polar surface area (TPSA) is 23.8 Å². The van der Waals surface area contributed by atoms with E-state index in [4.69, 9.17) is 5.26 Å². The van der Waals surface area contributed by atoms with Crippen molar-refractivity contribution in [3.63, 3.8) is 0 Å². The maximum absolute atomic E-state index is 13.9. The van der Waals surface area contributed by atoms with Crippen LogP contribution in [-0.4, -0.2) is 6.67 Å². The van der Waals surface area contributed by atoms with Gasteiger partial charge in [-0.2, -0.15) is 5.26 Å². The zero-order valence-electron chi connectivity index (χ0n) is 15.8. The molecule has 0 heterocycles. The molecule has 0 amide bonds. The molecular weight excluding hydrogens is 347 g/mol. The van der Waals surface area contributed by atoms with Crippen LogP contribution in [0.15, 0.2) is 24.3 Å². The van der Waals surface area contributed by atoms with Gasteiger partial charge in [0, 0.05) is 0 Å². The van der Waals surface area contributed by atoms with Crippen molar-refractivity contribution in [1.82, 2.24) is 0 Å². The predicted octanol–water partition coefficient (Wildman–Crippen LogP) is 6.83. The third-order valence-electron chi connectivity index (χ3n) is 6.59. The summed E-state index contributed by atoms with van der Waals surface area (Å²) in [6, 6.07) is 4.29. The highest BCUT2D eigenvalue weighted by Crippen LogP contribution is 2.44. The lowest BCUT2D eigenvalue weighted by Gasteiger charge is -2.37. The third-order valence-corrected chi connectivity index (χ3v) is 6.59. The van der Waals surface area contributed by atoms with E-state index in [1.54, 1.807) is 6.07 Å². The van der Waals surface area contributed by atoms with Crippen LogP contribution in [0.1, 0.15) is 74.8 Å². The van der Waals surface area contributed by atoms with E-state index in [1.165, 1.54) is 37.8 Å². The Morgan fingerprint density at radius 1 is 0.926 bits per heavy atom. The minimum Gasteiger partial charge on any atom is -0.251 e. The number of alkyl halides is 1. The summed E-state index contributed by atoms with van der Waals surface area (Å²) in [6.07, 6.45) is 13.7. The van der Waals surface area contributed by atoms with E-state index in [9.17, 15) is 13.2 Å². The first-order valence-electron chi connectivity index (χ1n) is 10.2. The Balaban J connectivity index is 1.51. The van der Waals surface area contributed by atoms with Crippen molar-refractivity contribution in [2.24, 2.45) is 17.8 Å². The van der Waals surface area contributed by atoms with Crippen molar-refractivity contribution in [2.75, 3.05) is 6.67 Å². The Kier molecular flexibility index (Phi) is 6.99. The van der Waals surface area contributed by atoms with Crippen molar-refractivity contribution in [2.45, 2.75) is 63.7 Å². The Bertz CT molecular complexity index is 667. The number of allylic oxidation sites excluding steroid dienone is 2. The Morgan fingerprint density at radius 2 is 1.48 bits per heavy atom. The zero-order chi connectivity index (χ0) is 19.2. The number of halogens is 3. The smallest absolute Gasteiger partial charge is 0.144 e. The number of hydrogen-bond donors (Lipinski definition) is 0. The lowest BCUT2D eigenvalue weighted by atomic mass is 9.68. The first kappa shape index (κ1) is 20.0. The molecule has 4 heteroatoms. The molecule has 1 aromatic rings. The molecule has 0 saturated heterocycles. The molecule has 2 fully saturated rings. The highest BCUT2D eigenvalue weighted by Gasteiger charge is 2.31. The van der Waals surface area contributed by atoms with Crippen molar-refractivity contribution in [3.8, 4) is 6.07 Å². The molecule has 0 atom stereocenters. The molecule has 0 radical (unpaired) electrons. The number of nitriles is 1. The van der Waals surface area contributed by atoms with Crippen LogP contribution in [0.25, 0.3) is 0 Å². The summed E-state index contributed by atoms with van der Waals surface area (Å²) in [7, 11) is 0. The second-order valence-corrected chi connectivity index (χ2v) is 8.16. The molecule has 0 bridgehead atoms. The quantitative estimate of drug-likeness (QED) is 0.517. The van der Waals surface area contributed by atoms with Crippen LogP contribution in [0.3, 0.4) is 0 Å². The molecule has 2 saturated carbocycles. The average molecular weight is 375 g/mol. The standard InChI is InChI=1S/C23H28F3N/c24-12-2-1-3-16-4-6-17(7-5-16)18-8-10-19(11-9-18)20-13-22(25)21(15-27)23(26)14-20/h1,3,13-14,16-19H,2,4-12H2/b3-1+. The van der Waals surface area contributed by atoms with Crippen LogP contribution in [-0.2, 0) is 0 Å². The normalized spacial score (nSPS) is 29.0. The van der Waals surface area contributed by atoms with Gasteiger partial charge in [-0.3, -0.25) is 4.39 Å². The van der Waals surface area contributed by atoms with Crippen molar-refractivity contribution in [3.05, 3.63) is 47.0 Å². The first-order valence-corrected chi connectivity index (χ1v) is 10.2. The second kappa shape index (κ2) is 9.44. The van der Waals surface area contributed by atoms with Gasteiger partial charge in [0.2, 0.25) is 0 Å². The third kappa shape index (κ3) is 4.94. The molecule has 27 heavy (non-hydrogen) atoms. The summed E-state index contributed by atoms with van der Waals surface area (Å²) < 4.78 is 40.0. The molecule has 3 rings (SSSR count). The van der Waals surface area contributed by atoms with Gasteiger partial charge >= 0.3 is 0 Å². The van der Waals surface area contributed by atoms with E-state index >= 15 is 0 Å². The van der Waals surface area contributed by atoms with E-state index in [0.717, 1.165) is 31.6 Å². The van der Waals surface area contributed by atoms with Gasteiger partial charge in [0.15, 0.2) is 0 Å². The summed E-state index contributed by atoms with van der Waals surface area (Å²) in [6.45, 7) is -0.276. The van der Waals surface area contributed by atoms with Gasteiger partial charge in [-0.05, 0) is 99.2 Å². The molecule has 2 aliphatic carbocycles. The maximum Gasteiger partial charge on any atom is 0.144 e. The molecule has 146 valence electrons. The van der Waals surface area contributed by atoms with Gasteiger partial charge in [-0.1, -0.05) is 12.2 Å². The Hall–Kier alpha value is -1.76. The SMILES string of the molecule is N#Cc1c(F)cc(C2CCC(C3CCC(/C=C/CCF)CC3)CC2)cc1F. The van der Waals surface area contributed by atoms with E-state index in [1.807, 2.05) is 6.08 Å². The molecule has 2 aliphatic rings. The van der Waals surface area contributed by atoms with E-state index in [2.05, 4.69) is 6.08 Å².